The van der Waals surface area contributed by atoms with Crippen LogP contribution in [0.15, 0.2) is 18.2 Å². The van der Waals surface area contributed by atoms with Crippen molar-refractivity contribution in [1.82, 2.24) is 4.98 Å². The van der Waals surface area contributed by atoms with Crippen molar-refractivity contribution in [3.63, 3.8) is 0 Å². The molecule has 0 saturated carbocycles. The number of halogens is 3. The number of nitrogen functional groups attached to an aromatic ring is 1. The Labute approximate surface area is 112 Å². The molecule has 92 valence electrons. The van der Waals surface area contributed by atoms with Gasteiger partial charge in [-0.1, -0.05) is 6.07 Å². The maximum absolute atomic E-state index is 13.4. The normalized spacial score (nSPS) is 10.1. The molecule has 2 N–H and O–H groups in total. The van der Waals surface area contributed by atoms with E-state index in [9.17, 15) is 8.78 Å². The highest BCUT2D eigenvalue weighted by Gasteiger charge is 2.10. The third-order valence-corrected chi connectivity index (χ3v) is 3.26. The van der Waals surface area contributed by atoms with Crippen LogP contribution in [-0.4, -0.2) is 4.98 Å². The van der Waals surface area contributed by atoms with Gasteiger partial charge in [-0.3, -0.25) is 0 Å². The van der Waals surface area contributed by atoms with Gasteiger partial charge in [0.2, 0.25) is 0 Å². The van der Waals surface area contributed by atoms with Crippen molar-refractivity contribution in [2.75, 3.05) is 5.73 Å². The first-order valence-corrected chi connectivity index (χ1v) is 5.53. The number of aryl methyl sites for hydroxylation is 1. The van der Waals surface area contributed by atoms with Crippen molar-refractivity contribution in [2.45, 2.75) is 13.3 Å². The number of nitrogens with two attached hydrogens (primary N) is 1. The lowest BCUT2D eigenvalue weighted by Gasteiger charge is -2.01. The summed E-state index contributed by atoms with van der Waals surface area (Å²) in [7, 11) is 0. The summed E-state index contributed by atoms with van der Waals surface area (Å²) in [6.45, 7) is 1.82. The summed E-state index contributed by atoms with van der Waals surface area (Å²) in [5.74, 6) is -1.10. The van der Waals surface area contributed by atoms with Gasteiger partial charge in [-0.25, -0.2) is 13.8 Å². The van der Waals surface area contributed by atoms with Gasteiger partial charge in [-0.05, 0) is 18.6 Å². The minimum atomic E-state index is -0.568. The van der Waals surface area contributed by atoms with Gasteiger partial charge < -0.3 is 5.73 Å². The van der Waals surface area contributed by atoms with Crippen molar-refractivity contribution < 1.29 is 8.78 Å². The molecule has 2 rings (SSSR count). The standard InChI is InChI=1S/C11H10F2N2S.BrH/c1-6-10(16-11(14)15-6)4-7-2-3-8(12)5-9(7)13;/h2-3,5H,4H2,1H3,(H2,14,15);1H. The van der Waals surface area contributed by atoms with Gasteiger partial charge in [-0.2, -0.15) is 0 Å². The van der Waals surface area contributed by atoms with Gasteiger partial charge in [0.15, 0.2) is 5.13 Å². The fraction of sp³-hybridized carbons (Fsp3) is 0.182. The van der Waals surface area contributed by atoms with E-state index in [1.54, 1.807) is 0 Å². The summed E-state index contributed by atoms with van der Waals surface area (Å²) in [5, 5.41) is 0.468. The Balaban J connectivity index is 0.00000144. The van der Waals surface area contributed by atoms with Crippen LogP contribution < -0.4 is 5.73 Å². The van der Waals surface area contributed by atoms with Crippen molar-refractivity contribution in [3.8, 4) is 0 Å². The van der Waals surface area contributed by atoms with Crippen LogP contribution in [0.2, 0.25) is 0 Å². The van der Waals surface area contributed by atoms with Gasteiger partial charge in [0.25, 0.3) is 0 Å². The second kappa shape index (κ2) is 5.55. The highest BCUT2D eigenvalue weighted by atomic mass is 79.9. The number of rotatable bonds is 2. The van der Waals surface area contributed by atoms with Crippen LogP contribution in [-0.2, 0) is 6.42 Å². The van der Waals surface area contributed by atoms with Crippen LogP contribution in [0.3, 0.4) is 0 Å². The zero-order chi connectivity index (χ0) is 11.7. The Bertz CT molecular complexity index is 528. The smallest absolute Gasteiger partial charge is 0.180 e. The van der Waals surface area contributed by atoms with E-state index in [0.717, 1.165) is 16.6 Å². The monoisotopic (exact) mass is 320 g/mol. The zero-order valence-electron chi connectivity index (χ0n) is 9.04. The predicted octanol–water partition coefficient (Wildman–Crippen LogP) is 3.48. The Morgan fingerprint density at radius 3 is 2.59 bits per heavy atom. The second-order valence-corrected chi connectivity index (χ2v) is 4.59. The molecule has 0 aliphatic rings. The number of anilines is 1. The van der Waals surface area contributed by atoms with Gasteiger partial charge in [0, 0.05) is 17.4 Å². The van der Waals surface area contributed by atoms with E-state index in [1.807, 2.05) is 6.92 Å². The van der Waals surface area contributed by atoms with Crippen LogP contribution >= 0.6 is 28.3 Å². The number of thiazole rings is 1. The molecule has 1 aromatic heterocycles. The highest BCUT2D eigenvalue weighted by molar-refractivity contribution is 8.93. The molecule has 2 nitrogen and oxygen atoms in total. The number of hydrogen-bond acceptors (Lipinski definition) is 3. The molecular formula is C11H11BrF2N2S. The van der Waals surface area contributed by atoms with E-state index in [4.69, 9.17) is 5.73 Å². The summed E-state index contributed by atoms with van der Waals surface area (Å²) in [5.41, 5.74) is 6.80. The number of benzene rings is 1. The largest absolute Gasteiger partial charge is 0.375 e. The van der Waals surface area contributed by atoms with E-state index in [1.165, 1.54) is 23.5 Å². The van der Waals surface area contributed by atoms with Crippen LogP contribution in [0.5, 0.6) is 0 Å². The Morgan fingerprint density at radius 2 is 2.06 bits per heavy atom. The molecule has 0 saturated heterocycles. The molecule has 0 amide bonds. The first kappa shape index (κ1) is 14.1. The number of hydrogen-bond donors (Lipinski definition) is 1. The van der Waals surface area contributed by atoms with E-state index >= 15 is 0 Å². The predicted molar refractivity (Wildman–Crippen MR) is 70.7 cm³/mol. The molecule has 6 heteroatoms. The molecule has 0 fully saturated rings. The lowest BCUT2D eigenvalue weighted by Crippen LogP contribution is -1.93. The Morgan fingerprint density at radius 1 is 1.35 bits per heavy atom. The Hall–Kier alpha value is -1.01. The molecule has 0 atom stereocenters. The number of nitrogens with zero attached hydrogens (tertiary/aromatic N) is 1. The van der Waals surface area contributed by atoms with Crippen molar-refractivity contribution in [2.24, 2.45) is 0 Å². The van der Waals surface area contributed by atoms with Gasteiger partial charge >= 0.3 is 0 Å². The summed E-state index contributed by atoms with van der Waals surface area (Å²) >= 11 is 1.33. The molecule has 2 aromatic rings. The van der Waals surface area contributed by atoms with E-state index in [-0.39, 0.29) is 17.0 Å². The maximum Gasteiger partial charge on any atom is 0.180 e. The summed E-state index contributed by atoms with van der Waals surface area (Å²) < 4.78 is 26.1. The summed E-state index contributed by atoms with van der Waals surface area (Å²) in [6.07, 6.45) is 0.396. The van der Waals surface area contributed by atoms with E-state index in [0.29, 0.717) is 17.1 Å². The molecule has 0 unspecified atom stereocenters. The molecule has 0 spiro atoms. The first-order valence-electron chi connectivity index (χ1n) is 4.72. The average Bonchev–Trinajstić information content (AvgIpc) is 2.50. The van der Waals surface area contributed by atoms with Gasteiger partial charge in [0.05, 0.1) is 5.69 Å². The Kier molecular flexibility index (Phi) is 4.59. The van der Waals surface area contributed by atoms with Crippen LogP contribution in [0, 0.1) is 18.6 Å². The van der Waals surface area contributed by atoms with Crippen LogP contribution in [0.4, 0.5) is 13.9 Å². The quantitative estimate of drug-likeness (QED) is 0.920. The fourth-order valence-corrected chi connectivity index (χ4v) is 2.31. The lowest BCUT2D eigenvalue weighted by molar-refractivity contribution is 0.575. The van der Waals surface area contributed by atoms with Crippen molar-refractivity contribution in [1.29, 1.82) is 0 Å². The third kappa shape index (κ3) is 3.23. The van der Waals surface area contributed by atoms with E-state index in [2.05, 4.69) is 4.98 Å². The molecule has 0 radical (unpaired) electrons. The van der Waals surface area contributed by atoms with Crippen LogP contribution in [0.1, 0.15) is 16.1 Å². The molecular weight excluding hydrogens is 310 g/mol. The molecule has 0 aliphatic carbocycles. The van der Waals surface area contributed by atoms with Gasteiger partial charge in [0.1, 0.15) is 11.6 Å². The molecule has 17 heavy (non-hydrogen) atoms. The summed E-state index contributed by atoms with van der Waals surface area (Å²) in [6, 6.07) is 3.58. The minimum Gasteiger partial charge on any atom is -0.375 e. The SMILES string of the molecule is Br.Cc1nc(N)sc1Cc1ccc(F)cc1F. The topological polar surface area (TPSA) is 38.9 Å². The van der Waals surface area contributed by atoms with Gasteiger partial charge in [-0.15, -0.1) is 28.3 Å². The zero-order valence-corrected chi connectivity index (χ0v) is 11.6. The molecule has 0 bridgehead atoms. The van der Waals surface area contributed by atoms with Crippen molar-refractivity contribution >= 4 is 33.4 Å². The lowest BCUT2D eigenvalue weighted by atomic mass is 10.1. The maximum atomic E-state index is 13.4. The molecule has 1 heterocycles. The average molecular weight is 321 g/mol. The number of aromatic nitrogens is 1. The van der Waals surface area contributed by atoms with Crippen LogP contribution in [0.25, 0.3) is 0 Å². The third-order valence-electron chi connectivity index (χ3n) is 2.28. The fourth-order valence-electron chi connectivity index (χ4n) is 1.45. The molecule has 1 aromatic carbocycles. The second-order valence-electron chi connectivity index (χ2n) is 3.47. The minimum absolute atomic E-state index is 0. The van der Waals surface area contributed by atoms with E-state index < -0.39 is 11.6 Å². The highest BCUT2D eigenvalue weighted by Crippen LogP contribution is 2.24. The molecule has 0 aliphatic heterocycles. The first-order chi connectivity index (χ1) is 7.56. The summed E-state index contributed by atoms with van der Waals surface area (Å²) in [4.78, 5) is 4.96. The van der Waals surface area contributed by atoms with Crippen molar-refractivity contribution in [3.05, 3.63) is 46.0 Å².